The molecule has 119 valence electrons. The van der Waals surface area contributed by atoms with E-state index < -0.39 is 39.2 Å². The van der Waals surface area contributed by atoms with Gasteiger partial charge in [0.15, 0.2) is 9.84 Å². The molecule has 0 heterocycles. The lowest BCUT2D eigenvalue weighted by molar-refractivity contribution is -0.117. The number of benzene rings is 1. The summed E-state index contributed by atoms with van der Waals surface area (Å²) in [5.41, 5.74) is 5.50. The Bertz CT molecular complexity index is 776. The zero-order valence-corrected chi connectivity index (χ0v) is 12.7. The fourth-order valence-corrected chi connectivity index (χ4v) is 2.93. The van der Waals surface area contributed by atoms with Crippen LogP contribution in [0, 0.1) is 29.1 Å². The number of nitrogens with two attached hydrogens (primary N) is 1. The summed E-state index contributed by atoms with van der Waals surface area (Å²) in [4.78, 5) is 22.7. The van der Waals surface area contributed by atoms with Crippen molar-refractivity contribution >= 4 is 21.7 Å². The van der Waals surface area contributed by atoms with E-state index in [2.05, 4.69) is 0 Å². The molecule has 1 rings (SSSR count). The highest BCUT2D eigenvalue weighted by Gasteiger charge is 2.19. The van der Waals surface area contributed by atoms with Gasteiger partial charge in [-0.2, -0.15) is 10.5 Å². The number of rotatable bonds is 7. The lowest BCUT2D eigenvalue weighted by atomic mass is 10.1. The molecule has 1 radical (unpaired) electrons. The summed E-state index contributed by atoms with van der Waals surface area (Å²) >= 11 is 0. The second kappa shape index (κ2) is 7.92. The van der Waals surface area contributed by atoms with Crippen LogP contribution in [0.15, 0.2) is 24.3 Å². The molecule has 0 saturated heterocycles. The van der Waals surface area contributed by atoms with Crippen LogP contribution >= 0.6 is 0 Å². The number of nitrogens with zero attached hydrogens (tertiary/aromatic N) is 2. The predicted molar refractivity (Wildman–Crippen MR) is 79.9 cm³/mol. The molecule has 0 spiro atoms. The van der Waals surface area contributed by atoms with Crippen molar-refractivity contribution in [3.8, 4) is 12.1 Å². The van der Waals surface area contributed by atoms with Gasteiger partial charge in [-0.15, -0.1) is 0 Å². The summed E-state index contributed by atoms with van der Waals surface area (Å²) in [5, 5.41) is 19.1. The maximum absolute atomic E-state index is 12.0. The van der Waals surface area contributed by atoms with E-state index >= 15 is 0 Å². The van der Waals surface area contributed by atoms with E-state index in [1.807, 2.05) is 5.32 Å². The molecule has 2 amide bonds. The van der Waals surface area contributed by atoms with Crippen molar-refractivity contribution in [3.63, 3.8) is 0 Å². The molecule has 0 bridgehead atoms. The summed E-state index contributed by atoms with van der Waals surface area (Å²) in [6.07, 6.45) is 0.823. The number of sulfone groups is 1. The molecule has 0 aliphatic carbocycles. The Hall–Kier alpha value is -2.91. The van der Waals surface area contributed by atoms with Gasteiger partial charge in [0.1, 0.15) is 12.1 Å². The topological polar surface area (TPSA) is 154 Å². The zero-order valence-electron chi connectivity index (χ0n) is 11.9. The van der Waals surface area contributed by atoms with Crippen LogP contribution < -0.4 is 11.1 Å². The van der Waals surface area contributed by atoms with Crippen LogP contribution in [-0.4, -0.2) is 32.0 Å². The van der Waals surface area contributed by atoms with Crippen LogP contribution in [0.4, 0.5) is 0 Å². The maximum Gasteiger partial charge on any atom is 0.249 e. The zero-order chi connectivity index (χ0) is 17.5. The van der Waals surface area contributed by atoms with Crippen LogP contribution in [0.2, 0.25) is 0 Å². The third kappa shape index (κ3) is 5.77. The number of nitriles is 2. The Morgan fingerprint density at radius 3 is 2.43 bits per heavy atom. The summed E-state index contributed by atoms with van der Waals surface area (Å²) < 4.78 is 24.0. The van der Waals surface area contributed by atoms with Gasteiger partial charge in [-0.1, -0.05) is 18.2 Å². The van der Waals surface area contributed by atoms with Crippen LogP contribution in [0.25, 0.3) is 0 Å². The van der Waals surface area contributed by atoms with Gasteiger partial charge in [0.05, 0.1) is 17.9 Å². The average Bonchev–Trinajstić information content (AvgIpc) is 2.50. The Morgan fingerprint density at radius 1 is 1.26 bits per heavy atom. The highest BCUT2D eigenvalue weighted by atomic mass is 32.2. The largest absolute Gasteiger partial charge is 0.366 e. The van der Waals surface area contributed by atoms with Crippen molar-refractivity contribution in [2.24, 2.45) is 5.73 Å². The number of hydrogen-bond donors (Lipinski definition) is 2. The lowest BCUT2D eigenvalue weighted by Gasteiger charge is -2.08. The number of amides is 2. The van der Waals surface area contributed by atoms with Gasteiger partial charge in [-0.25, -0.2) is 8.42 Å². The Morgan fingerprint density at radius 2 is 1.87 bits per heavy atom. The number of primary amides is 1. The van der Waals surface area contributed by atoms with E-state index in [9.17, 15) is 18.0 Å². The van der Waals surface area contributed by atoms with Crippen LogP contribution in [0.3, 0.4) is 0 Å². The molecule has 23 heavy (non-hydrogen) atoms. The van der Waals surface area contributed by atoms with Crippen molar-refractivity contribution in [3.05, 3.63) is 41.8 Å². The van der Waals surface area contributed by atoms with Gasteiger partial charge in [0.25, 0.3) is 0 Å². The molecular weight excluding hydrogens is 320 g/mol. The summed E-state index contributed by atoms with van der Waals surface area (Å²) in [6.45, 7) is 0. The van der Waals surface area contributed by atoms with Crippen LogP contribution in [0.1, 0.15) is 15.9 Å². The van der Waals surface area contributed by atoms with E-state index in [1.165, 1.54) is 24.3 Å². The highest BCUT2D eigenvalue weighted by molar-refractivity contribution is 7.90. The summed E-state index contributed by atoms with van der Waals surface area (Å²) in [7, 11) is -3.72. The average molecular weight is 333 g/mol. The van der Waals surface area contributed by atoms with Crippen molar-refractivity contribution in [1.29, 1.82) is 10.5 Å². The molecule has 8 nitrogen and oxygen atoms in total. The molecule has 0 unspecified atom stereocenters. The molecule has 1 aromatic carbocycles. The van der Waals surface area contributed by atoms with E-state index in [0.717, 1.165) is 6.42 Å². The van der Waals surface area contributed by atoms with Gasteiger partial charge < -0.3 is 11.1 Å². The van der Waals surface area contributed by atoms with Crippen molar-refractivity contribution < 1.29 is 18.0 Å². The fourth-order valence-electron chi connectivity index (χ4n) is 1.68. The summed E-state index contributed by atoms with van der Waals surface area (Å²) in [5.74, 6) is -2.65. The second-order valence-electron chi connectivity index (χ2n) is 4.48. The third-order valence-corrected chi connectivity index (χ3v) is 4.15. The van der Waals surface area contributed by atoms with Crippen molar-refractivity contribution in [1.82, 2.24) is 5.32 Å². The highest BCUT2D eigenvalue weighted by Crippen LogP contribution is 2.13. The number of nitrogens with one attached hydrogen (secondary N) is 1. The molecule has 0 aliphatic heterocycles. The molecule has 0 aliphatic rings. The van der Waals surface area contributed by atoms with Crippen molar-refractivity contribution in [2.75, 3.05) is 5.75 Å². The second-order valence-corrected chi connectivity index (χ2v) is 6.59. The molecule has 1 aromatic rings. The minimum absolute atomic E-state index is 0.0922. The van der Waals surface area contributed by atoms with E-state index in [1.54, 1.807) is 12.1 Å². The van der Waals surface area contributed by atoms with Gasteiger partial charge >= 0.3 is 0 Å². The van der Waals surface area contributed by atoms with Crippen LogP contribution in [-0.2, 0) is 20.4 Å². The Balaban J connectivity index is 2.72. The van der Waals surface area contributed by atoms with Crippen LogP contribution in [0.5, 0.6) is 0 Å². The SMILES string of the molecule is N#CC(C#N)NC(=O)[CH]CS(=O)(=O)Cc1ccccc1C(N)=O. The van der Waals surface area contributed by atoms with E-state index in [0.29, 0.717) is 0 Å². The Labute approximate surface area is 133 Å². The molecule has 0 atom stereocenters. The molecule has 0 aromatic heterocycles. The first-order valence-corrected chi connectivity index (χ1v) is 8.12. The standard InChI is InChI=1S/C14H13N4O4S/c15-7-11(8-16)18-13(19)5-6-23(21,22)9-10-3-1-2-4-12(10)14(17)20/h1-5,11H,6,9H2,(H2,17,20)(H,18,19). The molecule has 3 N–H and O–H groups in total. The van der Waals surface area contributed by atoms with Gasteiger partial charge in [0.2, 0.25) is 17.9 Å². The quantitative estimate of drug-likeness (QED) is 0.681. The number of carbonyl (C=O) groups excluding carboxylic acids is 2. The maximum atomic E-state index is 12.0. The van der Waals surface area contributed by atoms with Crippen molar-refractivity contribution in [2.45, 2.75) is 11.8 Å². The predicted octanol–water partition coefficient (Wildman–Crippen LogP) is -0.563. The third-order valence-electron chi connectivity index (χ3n) is 2.73. The lowest BCUT2D eigenvalue weighted by Crippen LogP contribution is -2.34. The van der Waals surface area contributed by atoms with Gasteiger partial charge in [-0.05, 0) is 11.6 Å². The minimum Gasteiger partial charge on any atom is -0.366 e. The Kier molecular flexibility index (Phi) is 6.24. The number of carbonyl (C=O) groups is 2. The van der Waals surface area contributed by atoms with E-state index in [-0.39, 0.29) is 11.1 Å². The first-order valence-electron chi connectivity index (χ1n) is 6.30. The molecule has 0 saturated carbocycles. The van der Waals surface area contributed by atoms with Gasteiger partial charge in [0, 0.05) is 5.56 Å². The van der Waals surface area contributed by atoms with E-state index in [4.69, 9.17) is 16.3 Å². The monoisotopic (exact) mass is 333 g/mol. The minimum atomic E-state index is -3.72. The van der Waals surface area contributed by atoms with Gasteiger partial charge in [-0.3, -0.25) is 9.59 Å². The summed E-state index contributed by atoms with van der Waals surface area (Å²) in [6, 6.07) is 7.69. The first kappa shape index (κ1) is 18.1. The molecule has 9 heteroatoms. The number of hydrogen-bond acceptors (Lipinski definition) is 6. The normalized spacial score (nSPS) is 10.6. The molecular formula is C14H13N4O4S. The smallest absolute Gasteiger partial charge is 0.249 e. The molecule has 0 fully saturated rings. The first-order chi connectivity index (χ1) is 10.8. The fraction of sp³-hybridized carbons (Fsp3) is 0.214.